The molecule has 4 heteroatoms. The molecule has 1 aromatic carbocycles. The van der Waals surface area contributed by atoms with Crippen molar-refractivity contribution in [3.05, 3.63) is 36.8 Å². The Morgan fingerprint density at radius 3 is 2.33 bits per heavy atom. The topological polar surface area (TPSA) is 46.2 Å². The SMILES string of the molecule is [CH2]Cc1ccc(S(=O)(=O)NC2CC2)cc1. The minimum absolute atomic E-state index is 0.155. The van der Waals surface area contributed by atoms with Crippen LogP contribution in [0.5, 0.6) is 0 Å². The van der Waals surface area contributed by atoms with Crippen LogP contribution >= 0.6 is 0 Å². The predicted molar refractivity (Wildman–Crippen MR) is 58.8 cm³/mol. The van der Waals surface area contributed by atoms with E-state index in [-0.39, 0.29) is 6.04 Å². The van der Waals surface area contributed by atoms with Crippen molar-refractivity contribution in [1.82, 2.24) is 4.72 Å². The zero-order valence-corrected chi connectivity index (χ0v) is 9.26. The lowest BCUT2D eigenvalue weighted by molar-refractivity contribution is 0.581. The maximum absolute atomic E-state index is 11.8. The first-order valence-corrected chi connectivity index (χ1v) is 6.50. The quantitative estimate of drug-likeness (QED) is 0.842. The lowest BCUT2D eigenvalue weighted by atomic mass is 10.2. The molecule has 0 spiro atoms. The molecular weight excluding hydrogens is 210 g/mol. The van der Waals surface area contributed by atoms with Crippen LogP contribution in [0.15, 0.2) is 29.2 Å². The molecule has 0 saturated heterocycles. The maximum Gasteiger partial charge on any atom is 0.240 e. The van der Waals surface area contributed by atoms with Crippen LogP contribution in [0.1, 0.15) is 18.4 Å². The Hall–Kier alpha value is -0.870. The van der Waals surface area contributed by atoms with Crippen molar-refractivity contribution in [1.29, 1.82) is 0 Å². The van der Waals surface area contributed by atoms with Gasteiger partial charge in [-0.05, 0) is 43.9 Å². The summed E-state index contributed by atoms with van der Waals surface area (Å²) in [4.78, 5) is 0.339. The van der Waals surface area contributed by atoms with Gasteiger partial charge in [0, 0.05) is 6.04 Å². The standard InChI is InChI=1S/C11H14NO2S/c1-2-9-3-7-11(8-4-9)15(13,14)12-10-5-6-10/h3-4,7-8,10,12H,1-2,5-6H2. The van der Waals surface area contributed by atoms with Gasteiger partial charge in [0.05, 0.1) is 4.90 Å². The van der Waals surface area contributed by atoms with E-state index in [4.69, 9.17) is 0 Å². The molecule has 81 valence electrons. The molecule has 1 saturated carbocycles. The Kier molecular flexibility index (Phi) is 2.80. The van der Waals surface area contributed by atoms with Gasteiger partial charge < -0.3 is 0 Å². The fraction of sp³-hybridized carbons (Fsp3) is 0.364. The monoisotopic (exact) mass is 224 g/mol. The van der Waals surface area contributed by atoms with E-state index in [1.54, 1.807) is 24.3 Å². The average molecular weight is 224 g/mol. The first-order chi connectivity index (χ1) is 7.12. The molecule has 0 bridgehead atoms. The van der Waals surface area contributed by atoms with Crippen LogP contribution in [-0.2, 0) is 16.4 Å². The highest BCUT2D eigenvalue weighted by molar-refractivity contribution is 7.89. The second-order valence-electron chi connectivity index (χ2n) is 3.79. The summed E-state index contributed by atoms with van der Waals surface area (Å²) >= 11 is 0. The van der Waals surface area contributed by atoms with Crippen LogP contribution in [0.25, 0.3) is 0 Å². The summed E-state index contributed by atoms with van der Waals surface area (Å²) in [6.07, 6.45) is 2.59. The van der Waals surface area contributed by atoms with Crippen LogP contribution in [-0.4, -0.2) is 14.5 Å². The van der Waals surface area contributed by atoms with E-state index < -0.39 is 10.0 Å². The fourth-order valence-electron chi connectivity index (χ4n) is 1.32. The molecule has 0 amide bonds. The molecule has 0 heterocycles. The van der Waals surface area contributed by atoms with Crippen LogP contribution in [0.2, 0.25) is 0 Å². The zero-order chi connectivity index (χ0) is 10.9. The summed E-state index contributed by atoms with van der Waals surface area (Å²) in [5.74, 6) is 0. The highest BCUT2D eigenvalue weighted by Crippen LogP contribution is 2.22. The Balaban J connectivity index is 2.19. The number of benzene rings is 1. The molecule has 0 aliphatic heterocycles. The van der Waals surface area contributed by atoms with E-state index in [0.717, 1.165) is 18.4 Å². The number of hydrogen-bond acceptors (Lipinski definition) is 2. The van der Waals surface area contributed by atoms with Crippen molar-refractivity contribution >= 4 is 10.0 Å². The van der Waals surface area contributed by atoms with Gasteiger partial charge in [-0.2, -0.15) is 0 Å². The molecular formula is C11H14NO2S. The smallest absolute Gasteiger partial charge is 0.208 e. The molecule has 0 unspecified atom stereocenters. The summed E-state index contributed by atoms with van der Waals surface area (Å²) in [6.45, 7) is 3.74. The first kappa shape index (κ1) is 10.6. The van der Waals surface area contributed by atoms with Crippen molar-refractivity contribution in [2.75, 3.05) is 0 Å². The van der Waals surface area contributed by atoms with E-state index in [2.05, 4.69) is 11.6 Å². The lowest BCUT2D eigenvalue weighted by Gasteiger charge is -2.05. The molecule has 1 radical (unpaired) electrons. The van der Waals surface area contributed by atoms with Crippen LogP contribution in [0.4, 0.5) is 0 Å². The second-order valence-corrected chi connectivity index (χ2v) is 5.50. The van der Waals surface area contributed by atoms with Crippen LogP contribution in [0.3, 0.4) is 0 Å². The van der Waals surface area contributed by atoms with Gasteiger partial charge in [0.15, 0.2) is 0 Å². The fourth-order valence-corrected chi connectivity index (χ4v) is 2.63. The number of sulfonamides is 1. The molecule has 1 fully saturated rings. The second kappa shape index (κ2) is 3.94. The molecule has 1 aliphatic carbocycles. The van der Waals surface area contributed by atoms with Gasteiger partial charge in [-0.3, -0.25) is 0 Å². The predicted octanol–water partition coefficient (Wildman–Crippen LogP) is 1.50. The molecule has 1 N–H and O–H groups in total. The van der Waals surface area contributed by atoms with E-state index in [0.29, 0.717) is 11.3 Å². The number of hydrogen-bond donors (Lipinski definition) is 1. The lowest BCUT2D eigenvalue weighted by Crippen LogP contribution is -2.25. The van der Waals surface area contributed by atoms with Gasteiger partial charge in [-0.25, -0.2) is 13.1 Å². The van der Waals surface area contributed by atoms with Gasteiger partial charge in [-0.1, -0.05) is 12.1 Å². The molecule has 3 nitrogen and oxygen atoms in total. The average Bonchev–Trinajstić information content (AvgIpc) is 3.01. The minimum Gasteiger partial charge on any atom is -0.208 e. The van der Waals surface area contributed by atoms with E-state index in [9.17, 15) is 8.42 Å². The highest BCUT2D eigenvalue weighted by Gasteiger charge is 2.27. The van der Waals surface area contributed by atoms with Gasteiger partial charge >= 0.3 is 0 Å². The summed E-state index contributed by atoms with van der Waals surface area (Å²) in [5.41, 5.74) is 1.04. The van der Waals surface area contributed by atoms with Crippen LogP contribution in [0, 0.1) is 6.92 Å². The third kappa shape index (κ3) is 2.58. The highest BCUT2D eigenvalue weighted by atomic mass is 32.2. The Morgan fingerprint density at radius 1 is 1.27 bits per heavy atom. The third-order valence-electron chi connectivity index (χ3n) is 2.42. The molecule has 1 aliphatic rings. The summed E-state index contributed by atoms with van der Waals surface area (Å²) in [6, 6.07) is 7.02. The summed E-state index contributed by atoms with van der Waals surface area (Å²) < 4.78 is 26.2. The van der Waals surface area contributed by atoms with Crippen molar-refractivity contribution in [3.63, 3.8) is 0 Å². The normalized spacial score (nSPS) is 16.6. The van der Waals surface area contributed by atoms with Gasteiger partial charge in [0.25, 0.3) is 0 Å². The molecule has 1 aromatic rings. The molecule has 0 aromatic heterocycles. The van der Waals surface area contributed by atoms with Crippen molar-refractivity contribution in [3.8, 4) is 0 Å². The largest absolute Gasteiger partial charge is 0.240 e. The van der Waals surface area contributed by atoms with E-state index in [1.807, 2.05) is 0 Å². The van der Waals surface area contributed by atoms with Crippen molar-refractivity contribution in [2.24, 2.45) is 0 Å². The first-order valence-electron chi connectivity index (χ1n) is 5.02. The molecule has 15 heavy (non-hydrogen) atoms. The van der Waals surface area contributed by atoms with Gasteiger partial charge in [0.2, 0.25) is 10.0 Å². The Bertz CT molecular complexity index is 432. The van der Waals surface area contributed by atoms with Gasteiger partial charge in [-0.15, -0.1) is 0 Å². The Morgan fingerprint density at radius 2 is 1.87 bits per heavy atom. The molecule has 2 rings (SSSR count). The van der Waals surface area contributed by atoms with E-state index >= 15 is 0 Å². The van der Waals surface area contributed by atoms with Crippen LogP contribution < -0.4 is 4.72 Å². The number of nitrogens with one attached hydrogen (secondary N) is 1. The third-order valence-corrected chi connectivity index (χ3v) is 3.96. The number of rotatable bonds is 4. The van der Waals surface area contributed by atoms with E-state index in [1.165, 1.54) is 0 Å². The van der Waals surface area contributed by atoms with Crippen molar-refractivity contribution < 1.29 is 8.42 Å². The Labute approximate surface area is 90.6 Å². The summed E-state index contributed by atoms with van der Waals surface area (Å²) in [7, 11) is -3.29. The summed E-state index contributed by atoms with van der Waals surface area (Å²) in [5, 5.41) is 0. The van der Waals surface area contributed by atoms with Crippen molar-refractivity contribution in [2.45, 2.75) is 30.2 Å². The maximum atomic E-state index is 11.8. The minimum atomic E-state index is -3.29. The zero-order valence-electron chi connectivity index (χ0n) is 8.44. The molecule has 0 atom stereocenters. The van der Waals surface area contributed by atoms with Gasteiger partial charge in [0.1, 0.15) is 0 Å².